The first-order valence-corrected chi connectivity index (χ1v) is 10.6. The molecule has 1 aliphatic heterocycles. The first kappa shape index (κ1) is 22.5. The number of hydrogen-bond donors (Lipinski definition) is 1. The molecule has 0 radical (unpaired) electrons. The van der Waals surface area contributed by atoms with Crippen LogP contribution in [0.1, 0.15) is 51.9 Å². The predicted octanol–water partition coefficient (Wildman–Crippen LogP) is 4.70. The zero-order valence-corrected chi connectivity index (χ0v) is 17.5. The molecule has 1 atom stereocenters. The lowest BCUT2D eigenvalue weighted by atomic mass is 10.1. The van der Waals surface area contributed by atoms with E-state index in [0.29, 0.717) is 31.2 Å². The Morgan fingerprint density at radius 3 is 2.68 bits per heavy atom. The first-order valence-electron chi connectivity index (χ1n) is 10.6. The molecular formula is C22H36N2O4. The topological polar surface area (TPSA) is 60.0 Å². The highest BCUT2D eigenvalue weighted by Crippen LogP contribution is 2.24. The largest absolute Gasteiger partial charge is 0.491 e. The highest BCUT2D eigenvalue weighted by molar-refractivity contribution is 5.86. The Morgan fingerprint density at radius 1 is 1.14 bits per heavy atom. The van der Waals surface area contributed by atoms with Crippen LogP contribution in [0.5, 0.6) is 5.75 Å². The molecule has 28 heavy (non-hydrogen) atoms. The van der Waals surface area contributed by atoms with Gasteiger partial charge in [-0.2, -0.15) is 0 Å². The second-order valence-corrected chi connectivity index (χ2v) is 7.37. The van der Waals surface area contributed by atoms with Gasteiger partial charge in [0.25, 0.3) is 0 Å². The molecule has 1 aromatic rings. The van der Waals surface area contributed by atoms with Crippen LogP contribution in [0, 0.1) is 0 Å². The van der Waals surface area contributed by atoms with E-state index in [4.69, 9.17) is 14.2 Å². The molecule has 6 nitrogen and oxygen atoms in total. The number of ether oxygens (including phenoxy) is 3. The van der Waals surface area contributed by atoms with Crippen LogP contribution in [0.4, 0.5) is 10.5 Å². The van der Waals surface area contributed by atoms with Crippen molar-refractivity contribution >= 4 is 11.8 Å². The van der Waals surface area contributed by atoms with Gasteiger partial charge in [0.2, 0.25) is 0 Å². The van der Waals surface area contributed by atoms with Gasteiger partial charge >= 0.3 is 6.09 Å². The van der Waals surface area contributed by atoms with Crippen molar-refractivity contribution < 1.29 is 19.0 Å². The summed E-state index contributed by atoms with van der Waals surface area (Å²) in [6, 6.07) is 7.48. The predicted molar refractivity (Wildman–Crippen MR) is 112 cm³/mol. The van der Waals surface area contributed by atoms with Crippen molar-refractivity contribution in [3.05, 3.63) is 24.3 Å². The maximum Gasteiger partial charge on any atom is 0.412 e. The molecule has 1 saturated heterocycles. The number of piperidine rings is 1. The molecule has 1 N–H and O–H groups in total. The quantitative estimate of drug-likeness (QED) is 0.523. The number of rotatable bonds is 12. The Balaban J connectivity index is 1.84. The van der Waals surface area contributed by atoms with Gasteiger partial charge in [0.05, 0.1) is 18.9 Å². The minimum Gasteiger partial charge on any atom is -0.491 e. The van der Waals surface area contributed by atoms with E-state index in [0.717, 1.165) is 25.9 Å². The van der Waals surface area contributed by atoms with Gasteiger partial charge in [-0.05, 0) is 44.5 Å². The maximum atomic E-state index is 12.4. The van der Waals surface area contributed by atoms with E-state index in [1.165, 1.54) is 32.1 Å². The van der Waals surface area contributed by atoms with Crippen LogP contribution in [0.3, 0.4) is 0 Å². The van der Waals surface area contributed by atoms with E-state index in [1.807, 2.05) is 24.3 Å². The van der Waals surface area contributed by atoms with E-state index in [1.54, 1.807) is 7.11 Å². The summed E-state index contributed by atoms with van der Waals surface area (Å²) >= 11 is 0. The number of para-hydroxylation sites is 2. The summed E-state index contributed by atoms with van der Waals surface area (Å²) in [5, 5.41) is 2.83. The third-order valence-electron chi connectivity index (χ3n) is 4.92. The average Bonchev–Trinajstić information content (AvgIpc) is 2.70. The molecule has 1 aromatic carbocycles. The van der Waals surface area contributed by atoms with Crippen LogP contribution in [0.25, 0.3) is 0 Å². The van der Waals surface area contributed by atoms with Crippen molar-refractivity contribution in [3.8, 4) is 5.75 Å². The molecule has 0 bridgehead atoms. The third-order valence-corrected chi connectivity index (χ3v) is 4.92. The minimum absolute atomic E-state index is 0.287. The molecule has 0 aromatic heterocycles. The van der Waals surface area contributed by atoms with E-state index in [-0.39, 0.29) is 6.10 Å². The molecule has 158 valence electrons. The van der Waals surface area contributed by atoms with E-state index < -0.39 is 6.09 Å². The number of anilines is 1. The fourth-order valence-corrected chi connectivity index (χ4v) is 3.44. The van der Waals surface area contributed by atoms with Gasteiger partial charge in [0.15, 0.2) is 0 Å². The number of nitrogens with one attached hydrogen (secondary N) is 1. The Hall–Kier alpha value is -1.79. The van der Waals surface area contributed by atoms with Crippen molar-refractivity contribution in [1.29, 1.82) is 0 Å². The van der Waals surface area contributed by atoms with Gasteiger partial charge in [-0.3, -0.25) is 10.2 Å². The molecule has 1 heterocycles. The fraction of sp³-hybridized carbons (Fsp3) is 0.682. The molecular weight excluding hydrogens is 356 g/mol. The van der Waals surface area contributed by atoms with Gasteiger partial charge in [0, 0.05) is 13.7 Å². The highest BCUT2D eigenvalue weighted by Gasteiger charge is 2.20. The molecule has 1 amide bonds. The average molecular weight is 393 g/mol. The van der Waals surface area contributed by atoms with E-state index in [2.05, 4.69) is 17.1 Å². The standard InChI is InChI=1S/C22H36N2O4/c1-3-4-5-11-16-27-21-13-8-7-12-20(21)23-22(25)28-19(18-26-2)17-24-14-9-6-10-15-24/h7-8,12-13,19H,3-6,9-11,14-18H2,1-2H3,(H,23,25). The molecule has 0 spiro atoms. The van der Waals surface area contributed by atoms with Crippen LogP contribution in [-0.2, 0) is 9.47 Å². The minimum atomic E-state index is -0.471. The van der Waals surface area contributed by atoms with Crippen molar-refractivity contribution in [2.24, 2.45) is 0 Å². The summed E-state index contributed by atoms with van der Waals surface area (Å²) in [4.78, 5) is 14.8. The summed E-state index contributed by atoms with van der Waals surface area (Å²) in [5.74, 6) is 0.676. The van der Waals surface area contributed by atoms with Gasteiger partial charge < -0.3 is 14.2 Å². The molecule has 6 heteroatoms. The van der Waals surface area contributed by atoms with E-state index in [9.17, 15) is 4.79 Å². The number of hydrogen-bond acceptors (Lipinski definition) is 5. The molecule has 0 saturated carbocycles. The molecule has 1 fully saturated rings. The Bertz CT molecular complexity index is 561. The van der Waals surface area contributed by atoms with Crippen LogP contribution in [-0.4, -0.2) is 57.1 Å². The number of unbranched alkanes of at least 4 members (excludes halogenated alkanes) is 3. The van der Waals surface area contributed by atoms with E-state index >= 15 is 0 Å². The summed E-state index contributed by atoms with van der Waals surface area (Å²) < 4.78 is 16.7. The Labute approximate surface area is 169 Å². The van der Waals surface area contributed by atoms with Crippen molar-refractivity contribution in [2.75, 3.05) is 45.3 Å². The number of carbonyl (C=O) groups excluding carboxylic acids is 1. The zero-order chi connectivity index (χ0) is 20.0. The summed E-state index contributed by atoms with van der Waals surface area (Å²) in [6.45, 7) is 6.04. The lowest BCUT2D eigenvalue weighted by molar-refractivity contribution is 0.0210. The number of carbonyl (C=O) groups is 1. The van der Waals surface area contributed by atoms with Crippen molar-refractivity contribution in [2.45, 2.75) is 58.0 Å². The van der Waals surface area contributed by atoms with Crippen LogP contribution in [0.2, 0.25) is 0 Å². The van der Waals surface area contributed by atoms with Gasteiger partial charge in [-0.15, -0.1) is 0 Å². The fourth-order valence-electron chi connectivity index (χ4n) is 3.44. The zero-order valence-electron chi connectivity index (χ0n) is 17.5. The highest BCUT2D eigenvalue weighted by atomic mass is 16.6. The SMILES string of the molecule is CCCCCCOc1ccccc1NC(=O)OC(COC)CN1CCCCC1. The number of amides is 1. The normalized spacial score (nSPS) is 15.8. The third kappa shape index (κ3) is 8.48. The Kier molecular flexibility index (Phi) is 10.8. The molecule has 1 unspecified atom stereocenters. The maximum absolute atomic E-state index is 12.4. The number of nitrogens with zero attached hydrogens (tertiary/aromatic N) is 1. The van der Waals surface area contributed by atoms with Gasteiger partial charge in [-0.25, -0.2) is 4.79 Å². The van der Waals surface area contributed by atoms with Gasteiger partial charge in [-0.1, -0.05) is 44.7 Å². The summed E-state index contributed by atoms with van der Waals surface area (Å²) in [6.07, 6.45) is 7.51. The first-order chi connectivity index (χ1) is 13.7. The van der Waals surface area contributed by atoms with Crippen LogP contribution < -0.4 is 10.1 Å². The summed E-state index contributed by atoms with van der Waals surface area (Å²) in [7, 11) is 1.63. The number of methoxy groups -OCH3 is 1. The monoisotopic (exact) mass is 392 g/mol. The molecule has 2 rings (SSSR count). The lowest BCUT2D eigenvalue weighted by Crippen LogP contribution is -2.40. The van der Waals surface area contributed by atoms with Gasteiger partial charge in [0.1, 0.15) is 11.9 Å². The molecule has 1 aliphatic rings. The van der Waals surface area contributed by atoms with Crippen molar-refractivity contribution in [1.82, 2.24) is 4.90 Å². The Morgan fingerprint density at radius 2 is 1.93 bits per heavy atom. The van der Waals surface area contributed by atoms with Crippen LogP contribution >= 0.6 is 0 Å². The number of benzene rings is 1. The number of likely N-dealkylation sites (tertiary alicyclic amines) is 1. The lowest BCUT2D eigenvalue weighted by Gasteiger charge is -2.30. The summed E-state index contributed by atoms with van der Waals surface area (Å²) in [5.41, 5.74) is 0.636. The van der Waals surface area contributed by atoms with Crippen molar-refractivity contribution in [3.63, 3.8) is 0 Å². The second kappa shape index (κ2) is 13.4. The smallest absolute Gasteiger partial charge is 0.412 e. The second-order valence-electron chi connectivity index (χ2n) is 7.37. The molecule has 0 aliphatic carbocycles. The van der Waals surface area contributed by atoms with Crippen LogP contribution in [0.15, 0.2) is 24.3 Å².